The van der Waals surface area contributed by atoms with Gasteiger partial charge in [-0.1, -0.05) is 24.8 Å². The van der Waals surface area contributed by atoms with E-state index in [0.29, 0.717) is 24.6 Å². The van der Waals surface area contributed by atoms with Gasteiger partial charge in [0.05, 0.1) is 11.3 Å². The molecule has 1 amide bonds. The highest BCUT2D eigenvalue weighted by atomic mass is 19.4. The Balaban J connectivity index is 2.10. The lowest BCUT2D eigenvalue weighted by atomic mass is 10.00. The van der Waals surface area contributed by atoms with E-state index in [1.165, 1.54) is 12.1 Å². The highest BCUT2D eigenvalue weighted by molar-refractivity contribution is 5.93. The predicted molar refractivity (Wildman–Crippen MR) is 144 cm³/mol. The van der Waals surface area contributed by atoms with E-state index >= 15 is 4.39 Å². The summed E-state index contributed by atoms with van der Waals surface area (Å²) in [5, 5.41) is 6.03. The number of H-pyrrole nitrogens is 1. The molecule has 11 heteroatoms. The second-order valence-electron chi connectivity index (χ2n) is 9.39. The van der Waals surface area contributed by atoms with Crippen LogP contribution in [0.3, 0.4) is 0 Å². The first kappa shape index (κ1) is 29.4. The molecule has 0 spiro atoms. The van der Waals surface area contributed by atoms with Gasteiger partial charge < -0.3 is 21.4 Å². The molecule has 7 nitrogen and oxygen atoms in total. The highest BCUT2D eigenvalue weighted by Crippen LogP contribution is 2.33. The van der Waals surface area contributed by atoms with Crippen LogP contribution in [0.2, 0.25) is 0 Å². The van der Waals surface area contributed by atoms with Crippen LogP contribution in [0.1, 0.15) is 47.3 Å². The number of carbonyl (C=O) groups is 1. The Bertz CT molecular complexity index is 1390. The minimum Gasteiger partial charge on any atom is -0.388 e. The molecule has 2 atom stereocenters. The third-order valence-electron chi connectivity index (χ3n) is 6.56. The minimum atomic E-state index is -4.79. The fraction of sp³-hybridized carbons (Fsp3) is 0.286. The fourth-order valence-electron chi connectivity index (χ4n) is 4.07. The number of alkyl halides is 3. The minimum absolute atomic E-state index is 0.0000895. The van der Waals surface area contributed by atoms with Crippen molar-refractivity contribution in [2.75, 3.05) is 13.6 Å². The molecule has 0 saturated carbocycles. The average molecular weight is 546 g/mol. The maximum Gasteiger partial charge on any atom is 0.417 e. The number of aromatic nitrogens is 1. The lowest BCUT2D eigenvalue weighted by molar-refractivity contribution is -0.137. The van der Waals surface area contributed by atoms with E-state index < -0.39 is 29.0 Å². The van der Waals surface area contributed by atoms with E-state index in [2.05, 4.69) is 34.0 Å². The standard InChI is InChI=1S/C28H31F4N5O2/c1-16-6-5-7-19(22-9-8-20(27(33)39)11-25(22)29)10-21(14-34-13-17(2)37(16)4)36-18(3)23-15-35-26(38)12-24(23)28(30,31)32/h5,7-12,14-17,34,36H,3,6,13H2,1-2,4H3,(H2,33,39)(H,35,38)/b7-5-,19-10+,21-14-. The first-order valence-electron chi connectivity index (χ1n) is 12.2. The zero-order valence-electron chi connectivity index (χ0n) is 21.8. The van der Waals surface area contributed by atoms with Gasteiger partial charge >= 0.3 is 6.18 Å². The van der Waals surface area contributed by atoms with Crippen molar-refractivity contribution >= 4 is 17.2 Å². The van der Waals surface area contributed by atoms with Crippen molar-refractivity contribution in [3.05, 3.63) is 106 Å². The number of hydrogen-bond donors (Lipinski definition) is 4. The number of primary amides is 1. The van der Waals surface area contributed by atoms with Gasteiger partial charge in [-0.3, -0.25) is 14.5 Å². The number of benzene rings is 1. The molecule has 2 heterocycles. The number of amides is 1. The Kier molecular flexibility index (Phi) is 9.18. The van der Waals surface area contributed by atoms with Gasteiger partial charge in [-0.15, -0.1) is 0 Å². The van der Waals surface area contributed by atoms with E-state index in [-0.39, 0.29) is 40.2 Å². The Hall–Kier alpha value is -4.12. The molecular weight excluding hydrogens is 514 g/mol. The topological polar surface area (TPSA) is 103 Å². The van der Waals surface area contributed by atoms with E-state index in [1.54, 1.807) is 18.4 Å². The van der Waals surface area contributed by atoms with Gasteiger partial charge in [0, 0.05) is 59.5 Å². The number of nitrogens with zero attached hydrogens (tertiary/aromatic N) is 1. The molecule has 0 saturated heterocycles. The number of pyridine rings is 1. The van der Waals surface area contributed by atoms with Crippen LogP contribution in [0, 0.1) is 5.82 Å². The third-order valence-corrected chi connectivity index (χ3v) is 6.56. The molecule has 39 heavy (non-hydrogen) atoms. The van der Waals surface area contributed by atoms with Crippen molar-refractivity contribution < 1.29 is 22.4 Å². The summed E-state index contributed by atoms with van der Waals surface area (Å²) in [6, 6.07) is 4.60. The van der Waals surface area contributed by atoms with Crippen LogP contribution < -0.4 is 21.9 Å². The molecule has 3 rings (SSSR count). The van der Waals surface area contributed by atoms with Crippen molar-refractivity contribution in [1.29, 1.82) is 0 Å². The van der Waals surface area contributed by atoms with Crippen molar-refractivity contribution in [2.24, 2.45) is 5.73 Å². The van der Waals surface area contributed by atoms with Gasteiger partial charge in [0.2, 0.25) is 11.5 Å². The lowest BCUT2D eigenvalue weighted by Crippen LogP contribution is -2.41. The molecule has 0 aliphatic carbocycles. The maximum absolute atomic E-state index is 15.1. The third kappa shape index (κ3) is 7.47. The van der Waals surface area contributed by atoms with Gasteiger partial charge in [0.1, 0.15) is 5.82 Å². The zero-order chi connectivity index (χ0) is 28.9. The van der Waals surface area contributed by atoms with Crippen molar-refractivity contribution in [2.45, 2.75) is 38.5 Å². The fourth-order valence-corrected chi connectivity index (χ4v) is 4.07. The number of likely N-dealkylation sites (N-methyl/N-ethyl adjacent to an activating group) is 1. The maximum atomic E-state index is 15.1. The van der Waals surface area contributed by atoms with Gasteiger partial charge in [0.15, 0.2) is 0 Å². The average Bonchev–Trinajstić information content (AvgIpc) is 2.86. The van der Waals surface area contributed by atoms with Crippen LogP contribution in [0.5, 0.6) is 0 Å². The van der Waals surface area contributed by atoms with Gasteiger partial charge in [-0.2, -0.15) is 13.2 Å². The van der Waals surface area contributed by atoms with Crippen LogP contribution in [-0.2, 0) is 6.18 Å². The summed E-state index contributed by atoms with van der Waals surface area (Å²) in [5.74, 6) is -1.47. The first-order chi connectivity index (χ1) is 18.3. The molecule has 1 aliphatic heterocycles. The van der Waals surface area contributed by atoms with Crippen LogP contribution >= 0.6 is 0 Å². The monoisotopic (exact) mass is 545 g/mol. The largest absolute Gasteiger partial charge is 0.417 e. The zero-order valence-corrected chi connectivity index (χ0v) is 21.8. The molecule has 0 fully saturated rings. The Morgan fingerprint density at radius 1 is 1.21 bits per heavy atom. The number of rotatable bonds is 5. The predicted octanol–water partition coefficient (Wildman–Crippen LogP) is 4.38. The van der Waals surface area contributed by atoms with Crippen LogP contribution in [-0.4, -0.2) is 41.5 Å². The van der Waals surface area contributed by atoms with Gasteiger partial charge in [0.25, 0.3) is 0 Å². The Morgan fingerprint density at radius 3 is 2.56 bits per heavy atom. The summed E-state index contributed by atoms with van der Waals surface area (Å²) in [6.07, 6.45) is 3.49. The highest BCUT2D eigenvalue weighted by Gasteiger charge is 2.34. The summed E-state index contributed by atoms with van der Waals surface area (Å²) in [5.41, 5.74) is 3.56. The van der Waals surface area contributed by atoms with Crippen LogP contribution in [0.15, 0.2) is 72.0 Å². The smallest absolute Gasteiger partial charge is 0.388 e. The lowest BCUT2D eigenvalue weighted by Gasteiger charge is -2.30. The molecule has 1 aromatic heterocycles. The summed E-state index contributed by atoms with van der Waals surface area (Å²) in [7, 11) is 1.98. The second kappa shape index (κ2) is 12.2. The van der Waals surface area contributed by atoms with Crippen molar-refractivity contribution in [3.63, 3.8) is 0 Å². The summed E-state index contributed by atoms with van der Waals surface area (Å²) in [6.45, 7) is 8.36. The van der Waals surface area contributed by atoms with Crippen LogP contribution in [0.25, 0.3) is 11.3 Å². The number of aromatic amines is 1. The molecule has 2 aromatic rings. The number of halogens is 4. The number of carbonyl (C=O) groups excluding carboxylic acids is 1. The molecule has 2 unspecified atom stereocenters. The van der Waals surface area contributed by atoms with E-state index in [0.717, 1.165) is 12.3 Å². The number of nitrogens with one attached hydrogen (secondary N) is 3. The van der Waals surface area contributed by atoms with Crippen LogP contribution in [0.4, 0.5) is 17.6 Å². The molecule has 5 N–H and O–H groups in total. The number of allylic oxidation sites excluding steroid dienone is 3. The van der Waals surface area contributed by atoms with E-state index in [9.17, 15) is 22.8 Å². The van der Waals surface area contributed by atoms with E-state index in [1.807, 2.05) is 20.0 Å². The number of nitrogens with two attached hydrogens (primary N) is 1. The van der Waals surface area contributed by atoms with Gasteiger partial charge in [-0.25, -0.2) is 4.39 Å². The molecule has 1 aliphatic rings. The molecule has 0 bridgehead atoms. The number of hydrogen-bond acceptors (Lipinski definition) is 5. The Morgan fingerprint density at radius 2 is 1.92 bits per heavy atom. The SMILES string of the molecule is C=C(NC1=C\NCC(C)N(C)C(C)C\C=C/C(c2ccc(C(N)=O)cc2F)=C\1)c1c[nH]c(=O)cc1C(F)(F)F. The quantitative estimate of drug-likeness (QED) is 0.418. The van der Waals surface area contributed by atoms with Crippen molar-refractivity contribution in [1.82, 2.24) is 20.5 Å². The molecule has 1 aromatic carbocycles. The molecular formula is C28H31F4N5O2. The van der Waals surface area contributed by atoms with Crippen molar-refractivity contribution in [3.8, 4) is 0 Å². The summed E-state index contributed by atoms with van der Waals surface area (Å²) >= 11 is 0. The summed E-state index contributed by atoms with van der Waals surface area (Å²) in [4.78, 5) is 27.5. The second-order valence-corrected chi connectivity index (χ2v) is 9.39. The summed E-state index contributed by atoms with van der Waals surface area (Å²) < 4.78 is 56.0. The molecule has 0 radical (unpaired) electrons. The van der Waals surface area contributed by atoms with E-state index in [4.69, 9.17) is 5.73 Å². The normalized spacial score (nSPS) is 22.6. The Labute approximate surface area is 223 Å². The van der Waals surface area contributed by atoms with Gasteiger partial charge in [-0.05, 0) is 51.1 Å². The molecule has 208 valence electrons. The first-order valence-corrected chi connectivity index (χ1v) is 12.2.